The summed E-state index contributed by atoms with van der Waals surface area (Å²) in [7, 11) is 0. The zero-order chi connectivity index (χ0) is 12.7. The van der Waals surface area contributed by atoms with E-state index < -0.39 is 5.97 Å². The lowest BCUT2D eigenvalue weighted by molar-refractivity contribution is -0.132. The molecule has 0 amide bonds. The van der Waals surface area contributed by atoms with Crippen LogP contribution in [0.2, 0.25) is 0 Å². The molecule has 0 aliphatic heterocycles. The van der Waals surface area contributed by atoms with Crippen LogP contribution in [0.5, 0.6) is 0 Å². The van der Waals surface area contributed by atoms with E-state index in [-0.39, 0.29) is 6.04 Å². The quantitative estimate of drug-likeness (QED) is 0.808. The molecule has 2 aromatic heterocycles. The Morgan fingerprint density at radius 1 is 1.44 bits per heavy atom. The summed E-state index contributed by atoms with van der Waals surface area (Å²) in [6.07, 6.45) is 5.90. The van der Waals surface area contributed by atoms with Crippen LogP contribution in [0.1, 0.15) is 18.9 Å². The fourth-order valence-corrected chi connectivity index (χ4v) is 2.22. The number of carbonyl (C=O) groups is 1. The first kappa shape index (κ1) is 10.7. The molecule has 3 N–H and O–H groups in total. The van der Waals surface area contributed by atoms with Gasteiger partial charge in [-0.15, -0.1) is 0 Å². The number of nitrogens with two attached hydrogens (primary N) is 1. The smallest absolute Gasteiger partial charge is 0.331 e. The van der Waals surface area contributed by atoms with Crippen LogP contribution in [-0.4, -0.2) is 30.6 Å². The minimum absolute atomic E-state index is 0.0374. The summed E-state index contributed by atoms with van der Waals surface area (Å²) >= 11 is 0. The van der Waals surface area contributed by atoms with Crippen LogP contribution in [-0.2, 0) is 4.79 Å². The summed E-state index contributed by atoms with van der Waals surface area (Å²) in [4.78, 5) is 23.1. The summed E-state index contributed by atoms with van der Waals surface area (Å²) < 4.78 is 1.86. The maximum absolute atomic E-state index is 10.9. The first-order chi connectivity index (χ1) is 8.66. The Bertz CT molecular complexity index is 660. The minimum atomic E-state index is -0.865. The molecule has 1 aliphatic carbocycles. The monoisotopic (exact) mass is 245 g/mol. The summed E-state index contributed by atoms with van der Waals surface area (Å²) in [6, 6.07) is 0.0374. The zero-order valence-corrected chi connectivity index (χ0v) is 9.45. The van der Waals surface area contributed by atoms with Crippen molar-refractivity contribution in [1.29, 1.82) is 0 Å². The fourth-order valence-electron chi connectivity index (χ4n) is 2.22. The van der Waals surface area contributed by atoms with E-state index in [2.05, 4.69) is 15.0 Å². The lowest BCUT2D eigenvalue weighted by atomic mass is 10.2. The number of aliphatic carboxylic acids is 1. The standard InChI is InChI=1S/C11H11N5O2/c12-9-8-10(14-4-13-9)16(5-15-8)7-2-1-6(3-7)11(17)18/h1,4-5,7H,2-3H2,(H,17,18)(H2,12,13,14)/t7-/m0/s1. The van der Waals surface area contributed by atoms with E-state index >= 15 is 0 Å². The highest BCUT2D eigenvalue weighted by atomic mass is 16.4. The molecule has 0 bridgehead atoms. The number of rotatable bonds is 2. The third-order valence-corrected chi connectivity index (χ3v) is 3.15. The highest BCUT2D eigenvalue weighted by Crippen LogP contribution is 2.31. The molecule has 0 saturated heterocycles. The number of nitrogens with zero attached hydrogens (tertiary/aromatic N) is 4. The van der Waals surface area contributed by atoms with E-state index in [1.807, 2.05) is 4.57 Å². The SMILES string of the molecule is Nc1ncnc2c1ncn2[C@H]1CC=C(C(=O)O)C1. The number of fused-ring (bicyclic) bond motifs is 1. The van der Waals surface area contributed by atoms with Crippen LogP contribution in [0.3, 0.4) is 0 Å². The molecular weight excluding hydrogens is 234 g/mol. The lowest BCUT2D eigenvalue weighted by Crippen LogP contribution is -2.07. The second-order valence-electron chi connectivity index (χ2n) is 4.21. The molecule has 7 heteroatoms. The van der Waals surface area contributed by atoms with Crippen molar-refractivity contribution in [3.05, 3.63) is 24.3 Å². The number of anilines is 1. The molecule has 0 unspecified atom stereocenters. The van der Waals surface area contributed by atoms with Crippen molar-refractivity contribution >= 4 is 23.0 Å². The predicted molar refractivity (Wildman–Crippen MR) is 63.7 cm³/mol. The number of carboxylic acids is 1. The van der Waals surface area contributed by atoms with Crippen molar-refractivity contribution < 1.29 is 9.90 Å². The Morgan fingerprint density at radius 2 is 2.28 bits per heavy atom. The van der Waals surface area contributed by atoms with Gasteiger partial charge in [-0.1, -0.05) is 6.08 Å². The van der Waals surface area contributed by atoms with Gasteiger partial charge in [-0.05, 0) is 6.42 Å². The first-order valence-electron chi connectivity index (χ1n) is 5.52. The lowest BCUT2D eigenvalue weighted by Gasteiger charge is -2.11. The fraction of sp³-hybridized carbons (Fsp3) is 0.273. The van der Waals surface area contributed by atoms with Gasteiger partial charge in [0.2, 0.25) is 0 Å². The Kier molecular flexibility index (Phi) is 2.26. The number of hydrogen-bond acceptors (Lipinski definition) is 5. The van der Waals surface area contributed by atoms with Gasteiger partial charge >= 0.3 is 5.97 Å². The van der Waals surface area contributed by atoms with E-state index in [0.717, 1.165) is 0 Å². The van der Waals surface area contributed by atoms with Crippen LogP contribution >= 0.6 is 0 Å². The minimum Gasteiger partial charge on any atom is -0.478 e. The first-order valence-corrected chi connectivity index (χ1v) is 5.52. The summed E-state index contributed by atoms with van der Waals surface area (Å²) in [5, 5.41) is 8.95. The number of carboxylic acid groups (broad SMARTS) is 1. The molecule has 0 aromatic carbocycles. The Labute approximate surface area is 102 Å². The Hall–Kier alpha value is -2.44. The van der Waals surface area contributed by atoms with Crippen molar-refractivity contribution in [2.45, 2.75) is 18.9 Å². The zero-order valence-electron chi connectivity index (χ0n) is 9.45. The molecule has 2 heterocycles. The van der Waals surface area contributed by atoms with Gasteiger partial charge < -0.3 is 15.4 Å². The molecule has 1 atom stereocenters. The molecule has 0 radical (unpaired) electrons. The molecule has 1 aliphatic rings. The average molecular weight is 245 g/mol. The molecule has 0 fully saturated rings. The Morgan fingerprint density at radius 3 is 3.00 bits per heavy atom. The van der Waals surface area contributed by atoms with E-state index in [1.54, 1.807) is 12.4 Å². The van der Waals surface area contributed by atoms with E-state index in [9.17, 15) is 4.79 Å². The number of allylic oxidation sites excluding steroid dienone is 1. The van der Waals surface area contributed by atoms with Crippen molar-refractivity contribution in [1.82, 2.24) is 19.5 Å². The molecule has 3 rings (SSSR count). The molecule has 0 saturated carbocycles. The van der Waals surface area contributed by atoms with Crippen LogP contribution < -0.4 is 5.73 Å². The van der Waals surface area contributed by atoms with Gasteiger partial charge in [-0.25, -0.2) is 19.7 Å². The van der Waals surface area contributed by atoms with E-state index in [1.165, 1.54) is 6.33 Å². The van der Waals surface area contributed by atoms with Gasteiger partial charge in [0, 0.05) is 18.0 Å². The maximum Gasteiger partial charge on any atom is 0.331 e. The van der Waals surface area contributed by atoms with Crippen LogP contribution in [0.15, 0.2) is 24.3 Å². The largest absolute Gasteiger partial charge is 0.478 e. The van der Waals surface area contributed by atoms with Gasteiger partial charge in [-0.2, -0.15) is 0 Å². The molecule has 18 heavy (non-hydrogen) atoms. The topological polar surface area (TPSA) is 107 Å². The summed E-state index contributed by atoms with van der Waals surface area (Å²) in [5.74, 6) is -0.528. The second kappa shape index (κ2) is 3.80. The molecule has 0 spiro atoms. The number of aromatic nitrogens is 4. The summed E-state index contributed by atoms with van der Waals surface area (Å²) in [5.41, 5.74) is 7.35. The van der Waals surface area contributed by atoms with E-state index in [0.29, 0.717) is 35.4 Å². The van der Waals surface area contributed by atoms with E-state index in [4.69, 9.17) is 10.8 Å². The van der Waals surface area contributed by atoms with Crippen molar-refractivity contribution in [3.63, 3.8) is 0 Å². The van der Waals surface area contributed by atoms with Gasteiger partial charge in [0.1, 0.15) is 11.8 Å². The van der Waals surface area contributed by atoms with Crippen molar-refractivity contribution in [2.24, 2.45) is 0 Å². The van der Waals surface area contributed by atoms with Crippen molar-refractivity contribution in [2.75, 3.05) is 5.73 Å². The molecule has 7 nitrogen and oxygen atoms in total. The predicted octanol–water partition coefficient (Wildman–Crippen LogP) is 0.754. The van der Waals surface area contributed by atoms with Gasteiger partial charge in [-0.3, -0.25) is 0 Å². The highest BCUT2D eigenvalue weighted by molar-refractivity contribution is 5.87. The number of nitrogen functional groups attached to an aromatic ring is 1. The van der Waals surface area contributed by atoms with Crippen LogP contribution in [0.25, 0.3) is 11.2 Å². The van der Waals surface area contributed by atoms with Gasteiger partial charge in [0.25, 0.3) is 0 Å². The highest BCUT2D eigenvalue weighted by Gasteiger charge is 2.24. The average Bonchev–Trinajstić information content (AvgIpc) is 2.94. The number of hydrogen-bond donors (Lipinski definition) is 2. The van der Waals surface area contributed by atoms with Crippen LogP contribution in [0, 0.1) is 0 Å². The summed E-state index contributed by atoms with van der Waals surface area (Å²) in [6.45, 7) is 0. The molecular formula is C11H11N5O2. The Balaban J connectivity index is 1.98. The molecule has 2 aromatic rings. The van der Waals surface area contributed by atoms with Crippen molar-refractivity contribution in [3.8, 4) is 0 Å². The third kappa shape index (κ3) is 1.52. The van der Waals surface area contributed by atoms with Gasteiger partial charge in [0.15, 0.2) is 11.5 Å². The molecule has 92 valence electrons. The number of imidazole rings is 1. The van der Waals surface area contributed by atoms with Crippen LogP contribution in [0.4, 0.5) is 5.82 Å². The van der Waals surface area contributed by atoms with Gasteiger partial charge in [0.05, 0.1) is 6.33 Å². The maximum atomic E-state index is 10.9. The second-order valence-corrected chi connectivity index (χ2v) is 4.21. The normalized spacial score (nSPS) is 19.1. The third-order valence-electron chi connectivity index (χ3n) is 3.15.